The minimum atomic E-state index is -1.08. The first-order chi connectivity index (χ1) is 12.3. The molecular formula is C17H22N4O4S. The lowest BCUT2D eigenvalue weighted by Crippen LogP contribution is -2.46. The first-order valence-corrected chi connectivity index (χ1v) is 9.17. The molecule has 2 aromatic rings. The van der Waals surface area contributed by atoms with Gasteiger partial charge in [-0.2, -0.15) is 14.9 Å². The molecule has 0 spiro atoms. The zero-order valence-electron chi connectivity index (χ0n) is 15.2. The van der Waals surface area contributed by atoms with Gasteiger partial charge in [-0.3, -0.25) is 10.1 Å². The highest BCUT2D eigenvalue weighted by molar-refractivity contribution is 7.99. The van der Waals surface area contributed by atoms with E-state index in [9.17, 15) is 20.0 Å². The molecule has 0 bridgehead atoms. The number of rotatable bonds is 7. The van der Waals surface area contributed by atoms with Crippen molar-refractivity contribution >= 4 is 23.5 Å². The van der Waals surface area contributed by atoms with Crippen molar-refractivity contribution in [3.05, 3.63) is 45.8 Å². The second kappa shape index (κ2) is 8.22. The van der Waals surface area contributed by atoms with E-state index >= 15 is 0 Å². The predicted octanol–water partition coefficient (Wildman–Crippen LogP) is 4.09. The summed E-state index contributed by atoms with van der Waals surface area (Å²) in [7, 11) is 0. The fourth-order valence-electron chi connectivity index (χ4n) is 2.61. The maximum absolute atomic E-state index is 11.7. The average Bonchev–Trinajstić information content (AvgIpc) is 2.91. The Morgan fingerprint density at radius 1 is 1.38 bits per heavy atom. The number of benzene rings is 1. The van der Waals surface area contributed by atoms with E-state index in [2.05, 4.69) is 5.10 Å². The molecule has 0 radical (unpaired) electrons. The van der Waals surface area contributed by atoms with Gasteiger partial charge in [-0.1, -0.05) is 31.7 Å². The molecule has 0 atom stereocenters. The number of hydrogen-bond acceptors (Lipinski definition) is 5. The number of nitro benzene ring substituents is 1. The molecule has 0 saturated heterocycles. The second-order valence-electron chi connectivity index (χ2n) is 5.90. The summed E-state index contributed by atoms with van der Waals surface area (Å²) in [5.41, 5.74) is 1.56. The molecule has 0 aliphatic carbocycles. The number of carboxylic acid groups (broad SMARTS) is 1. The smallest absolute Gasteiger partial charge is 0.428 e. The molecule has 1 N–H and O–H groups in total. The fourth-order valence-corrected chi connectivity index (χ4v) is 3.81. The van der Waals surface area contributed by atoms with Crippen LogP contribution in [0, 0.1) is 10.1 Å². The predicted molar refractivity (Wildman–Crippen MR) is 99.6 cm³/mol. The molecule has 140 valence electrons. The Morgan fingerprint density at radius 3 is 2.58 bits per heavy atom. The van der Waals surface area contributed by atoms with Crippen LogP contribution in [-0.4, -0.2) is 32.1 Å². The van der Waals surface area contributed by atoms with Crippen LogP contribution in [0.2, 0.25) is 0 Å². The van der Waals surface area contributed by atoms with Crippen LogP contribution in [-0.2, 0) is 12.8 Å². The Balaban J connectivity index is 2.53. The molecule has 0 aliphatic rings. The minimum absolute atomic E-state index is 0.0211. The SMILES string of the molecule is CCc1nn(N(C(=O)O)C(C)C)c(CC)c1Sc1cccc([N+](=O)[O-])c1. The van der Waals surface area contributed by atoms with Gasteiger partial charge in [-0.15, -0.1) is 0 Å². The van der Waals surface area contributed by atoms with Crippen molar-refractivity contribution in [1.29, 1.82) is 0 Å². The summed E-state index contributed by atoms with van der Waals surface area (Å²) in [6.07, 6.45) is 0.135. The third-order valence-electron chi connectivity index (χ3n) is 3.79. The van der Waals surface area contributed by atoms with Gasteiger partial charge in [0.15, 0.2) is 0 Å². The number of carbonyl (C=O) groups is 1. The Labute approximate surface area is 155 Å². The van der Waals surface area contributed by atoms with Crippen molar-refractivity contribution in [1.82, 2.24) is 9.89 Å². The number of hydrogen-bond donors (Lipinski definition) is 1. The van der Waals surface area contributed by atoms with Crippen molar-refractivity contribution < 1.29 is 14.8 Å². The topological polar surface area (TPSA) is 102 Å². The zero-order valence-corrected chi connectivity index (χ0v) is 16.0. The van der Waals surface area contributed by atoms with E-state index < -0.39 is 11.0 Å². The van der Waals surface area contributed by atoms with E-state index in [-0.39, 0.29) is 11.7 Å². The van der Waals surface area contributed by atoms with Gasteiger partial charge in [0.25, 0.3) is 5.69 Å². The molecule has 0 unspecified atom stereocenters. The number of amides is 1. The quantitative estimate of drug-likeness (QED) is 0.575. The van der Waals surface area contributed by atoms with Gasteiger partial charge in [0, 0.05) is 17.0 Å². The summed E-state index contributed by atoms with van der Waals surface area (Å²) < 4.78 is 0. The van der Waals surface area contributed by atoms with Crippen LogP contribution in [0.3, 0.4) is 0 Å². The minimum Gasteiger partial charge on any atom is -0.464 e. The summed E-state index contributed by atoms with van der Waals surface area (Å²) in [5.74, 6) is 0. The highest BCUT2D eigenvalue weighted by Crippen LogP contribution is 2.35. The molecule has 26 heavy (non-hydrogen) atoms. The highest BCUT2D eigenvalue weighted by atomic mass is 32.2. The van der Waals surface area contributed by atoms with Crippen LogP contribution < -0.4 is 5.01 Å². The molecule has 1 amide bonds. The molecule has 0 aliphatic heterocycles. The summed E-state index contributed by atoms with van der Waals surface area (Å²) in [6, 6.07) is 6.11. The summed E-state index contributed by atoms with van der Waals surface area (Å²) in [6.45, 7) is 7.46. The molecular weight excluding hydrogens is 356 g/mol. The number of non-ortho nitro benzene ring substituents is 1. The molecule has 2 rings (SSSR count). The first kappa shape index (κ1) is 19.8. The van der Waals surface area contributed by atoms with Gasteiger partial charge in [-0.25, -0.2) is 4.79 Å². The van der Waals surface area contributed by atoms with Crippen molar-refractivity contribution in [2.24, 2.45) is 0 Å². The van der Waals surface area contributed by atoms with Gasteiger partial charge in [-0.05, 0) is 32.8 Å². The lowest BCUT2D eigenvalue weighted by Gasteiger charge is -2.24. The van der Waals surface area contributed by atoms with Crippen LogP contribution >= 0.6 is 11.8 Å². The van der Waals surface area contributed by atoms with Crippen molar-refractivity contribution in [3.8, 4) is 0 Å². The third-order valence-corrected chi connectivity index (χ3v) is 4.95. The molecule has 1 aromatic carbocycles. The number of aryl methyl sites for hydroxylation is 1. The molecule has 1 heterocycles. The van der Waals surface area contributed by atoms with Crippen LogP contribution in [0.25, 0.3) is 0 Å². The standard InChI is InChI=1S/C17H22N4O4S/c1-5-14-16(26-13-9-7-8-12(10-13)21(24)25)15(6-2)20(18-14)19(11(3)4)17(22)23/h7-11H,5-6H2,1-4H3,(H,22,23). The monoisotopic (exact) mass is 378 g/mol. The van der Waals surface area contributed by atoms with Gasteiger partial charge in [0.1, 0.15) is 0 Å². The van der Waals surface area contributed by atoms with E-state index in [1.54, 1.807) is 26.0 Å². The Bertz CT molecular complexity index is 819. The largest absolute Gasteiger partial charge is 0.464 e. The average molecular weight is 378 g/mol. The highest BCUT2D eigenvalue weighted by Gasteiger charge is 2.26. The molecule has 0 fully saturated rings. The Hall–Kier alpha value is -2.55. The van der Waals surface area contributed by atoms with Gasteiger partial charge in [0.05, 0.1) is 27.2 Å². The van der Waals surface area contributed by atoms with Crippen molar-refractivity contribution in [2.45, 2.75) is 56.4 Å². The summed E-state index contributed by atoms with van der Waals surface area (Å²) >= 11 is 1.38. The van der Waals surface area contributed by atoms with Crippen molar-refractivity contribution in [3.63, 3.8) is 0 Å². The second-order valence-corrected chi connectivity index (χ2v) is 6.98. The lowest BCUT2D eigenvalue weighted by molar-refractivity contribution is -0.385. The van der Waals surface area contributed by atoms with E-state index in [0.29, 0.717) is 12.8 Å². The molecule has 9 heteroatoms. The van der Waals surface area contributed by atoms with E-state index in [0.717, 1.165) is 21.2 Å². The van der Waals surface area contributed by atoms with E-state index in [1.165, 1.54) is 33.7 Å². The summed E-state index contributed by atoms with van der Waals surface area (Å²) in [4.78, 5) is 25.3. The van der Waals surface area contributed by atoms with E-state index in [4.69, 9.17) is 0 Å². The van der Waals surface area contributed by atoms with Gasteiger partial charge < -0.3 is 5.11 Å². The van der Waals surface area contributed by atoms with E-state index in [1.807, 2.05) is 13.8 Å². The number of aromatic nitrogens is 2. The third kappa shape index (κ3) is 3.98. The van der Waals surface area contributed by atoms with Crippen LogP contribution in [0.15, 0.2) is 34.1 Å². The maximum Gasteiger partial charge on any atom is 0.428 e. The molecule has 0 saturated carbocycles. The zero-order chi connectivity index (χ0) is 19.4. The van der Waals surface area contributed by atoms with Gasteiger partial charge in [0.2, 0.25) is 0 Å². The fraction of sp³-hybridized carbons (Fsp3) is 0.412. The molecule has 8 nitrogen and oxygen atoms in total. The molecule has 1 aromatic heterocycles. The number of nitro groups is 1. The van der Waals surface area contributed by atoms with Crippen molar-refractivity contribution in [2.75, 3.05) is 5.01 Å². The normalized spacial score (nSPS) is 11.0. The van der Waals surface area contributed by atoms with Gasteiger partial charge >= 0.3 is 6.09 Å². The Morgan fingerprint density at radius 2 is 2.08 bits per heavy atom. The summed E-state index contributed by atoms with van der Waals surface area (Å²) in [5, 5.41) is 26.3. The van der Waals surface area contributed by atoms with Crippen LogP contribution in [0.4, 0.5) is 10.5 Å². The van der Waals surface area contributed by atoms with Crippen LogP contribution in [0.1, 0.15) is 39.1 Å². The lowest BCUT2D eigenvalue weighted by atomic mass is 10.2. The maximum atomic E-state index is 11.7. The van der Waals surface area contributed by atoms with Crippen LogP contribution in [0.5, 0.6) is 0 Å². The Kier molecular flexibility index (Phi) is 6.25. The first-order valence-electron chi connectivity index (χ1n) is 8.35. The number of nitrogens with zero attached hydrogens (tertiary/aromatic N) is 4.